The second-order valence-electron chi connectivity index (χ2n) is 6.29. The van der Waals surface area contributed by atoms with Crippen LogP contribution >= 0.6 is 0 Å². The van der Waals surface area contributed by atoms with E-state index in [1.807, 2.05) is 30.3 Å². The molecule has 1 heterocycles. The number of hydrogen-bond acceptors (Lipinski definition) is 2. The fraction of sp³-hybridized carbons (Fsp3) is 0.333. The van der Waals surface area contributed by atoms with Crippen LogP contribution in [0.5, 0.6) is 0 Å². The number of rotatable bonds is 1. The van der Waals surface area contributed by atoms with Crippen molar-refractivity contribution >= 4 is 17.5 Å². The maximum absolute atomic E-state index is 12.8. The number of fused-ring (bicyclic) bond motifs is 5. The molecular formula is C18H17NO2. The normalized spacial score (nSPS) is 33.0. The van der Waals surface area contributed by atoms with Crippen molar-refractivity contribution in [3.63, 3.8) is 0 Å². The fourth-order valence-electron chi connectivity index (χ4n) is 4.26. The number of nitrogens with zero attached hydrogens (tertiary/aromatic N) is 1. The highest BCUT2D eigenvalue weighted by atomic mass is 16.2. The molecule has 0 radical (unpaired) electrons. The molecule has 2 aliphatic carbocycles. The molecule has 0 unspecified atom stereocenters. The van der Waals surface area contributed by atoms with Gasteiger partial charge in [0.25, 0.3) is 0 Å². The van der Waals surface area contributed by atoms with Gasteiger partial charge in [0.2, 0.25) is 11.8 Å². The van der Waals surface area contributed by atoms with Crippen LogP contribution < -0.4 is 4.90 Å². The Morgan fingerprint density at radius 2 is 1.43 bits per heavy atom. The number of amides is 2. The third-order valence-electron chi connectivity index (χ3n) is 5.01. The number of hydrogen-bond donors (Lipinski definition) is 0. The zero-order valence-electron chi connectivity index (χ0n) is 12.1. The predicted molar refractivity (Wildman–Crippen MR) is 80.4 cm³/mol. The predicted octanol–water partition coefficient (Wildman–Crippen LogP) is 2.94. The van der Waals surface area contributed by atoms with Gasteiger partial charge >= 0.3 is 0 Å². The van der Waals surface area contributed by atoms with E-state index in [0.717, 1.165) is 0 Å². The monoisotopic (exact) mass is 279 g/mol. The van der Waals surface area contributed by atoms with E-state index in [4.69, 9.17) is 0 Å². The Balaban J connectivity index is 1.79. The minimum Gasteiger partial charge on any atom is -0.274 e. The Morgan fingerprint density at radius 1 is 0.905 bits per heavy atom. The first-order chi connectivity index (χ1) is 10.1. The highest BCUT2D eigenvalue weighted by molar-refractivity contribution is 6.23. The summed E-state index contributed by atoms with van der Waals surface area (Å²) in [5, 5.41) is 0. The third kappa shape index (κ3) is 1.49. The maximum atomic E-state index is 12.8. The molecule has 0 spiro atoms. The Hall–Kier alpha value is -2.16. The van der Waals surface area contributed by atoms with E-state index >= 15 is 0 Å². The molecule has 3 heteroatoms. The van der Waals surface area contributed by atoms with Crippen molar-refractivity contribution in [2.45, 2.75) is 13.8 Å². The number of carbonyl (C=O) groups excluding carboxylic acids is 2. The Labute approximate surface area is 123 Å². The van der Waals surface area contributed by atoms with Crippen molar-refractivity contribution in [2.24, 2.45) is 23.7 Å². The van der Waals surface area contributed by atoms with Crippen LogP contribution in [0, 0.1) is 23.7 Å². The summed E-state index contributed by atoms with van der Waals surface area (Å²) in [6.07, 6.45) is 4.24. The number of carbonyl (C=O) groups is 2. The highest BCUT2D eigenvalue weighted by Gasteiger charge is 2.61. The van der Waals surface area contributed by atoms with E-state index in [9.17, 15) is 9.59 Å². The molecule has 2 fully saturated rings. The van der Waals surface area contributed by atoms with E-state index in [1.165, 1.54) is 16.0 Å². The van der Waals surface area contributed by atoms with Crippen LogP contribution in [0.4, 0.5) is 5.69 Å². The molecule has 1 aliphatic heterocycles. The van der Waals surface area contributed by atoms with Gasteiger partial charge in [-0.25, -0.2) is 4.90 Å². The summed E-state index contributed by atoms with van der Waals surface area (Å²) in [6.45, 7) is 4.15. The van der Waals surface area contributed by atoms with Gasteiger partial charge in [0.15, 0.2) is 0 Å². The van der Waals surface area contributed by atoms with Crippen LogP contribution in [0.15, 0.2) is 53.6 Å². The lowest BCUT2D eigenvalue weighted by Gasteiger charge is -2.19. The van der Waals surface area contributed by atoms with Gasteiger partial charge in [-0.05, 0) is 26.0 Å². The summed E-state index contributed by atoms with van der Waals surface area (Å²) in [5.41, 5.74) is 3.23. The molecule has 2 bridgehead atoms. The quantitative estimate of drug-likeness (QED) is 0.585. The molecule has 0 N–H and O–H groups in total. The molecular weight excluding hydrogens is 262 g/mol. The van der Waals surface area contributed by atoms with Crippen LogP contribution in [-0.2, 0) is 9.59 Å². The molecule has 1 saturated heterocycles. The van der Waals surface area contributed by atoms with Crippen LogP contribution in [0.2, 0.25) is 0 Å². The topological polar surface area (TPSA) is 37.4 Å². The number of allylic oxidation sites excluding steroid dienone is 4. The van der Waals surface area contributed by atoms with Gasteiger partial charge in [0.1, 0.15) is 0 Å². The minimum absolute atomic E-state index is 0.0354. The Morgan fingerprint density at radius 3 is 1.90 bits per heavy atom. The molecule has 1 aromatic carbocycles. The lowest BCUT2D eigenvalue weighted by atomic mass is 9.85. The first kappa shape index (κ1) is 12.6. The molecule has 0 aromatic heterocycles. The average Bonchev–Trinajstić information content (AvgIpc) is 3.10. The van der Waals surface area contributed by atoms with Crippen LogP contribution in [0.1, 0.15) is 13.8 Å². The number of para-hydroxylation sites is 1. The summed E-state index contributed by atoms with van der Waals surface area (Å²) in [7, 11) is 0. The lowest BCUT2D eigenvalue weighted by molar-refractivity contribution is -0.122. The zero-order valence-corrected chi connectivity index (χ0v) is 12.1. The van der Waals surface area contributed by atoms with Crippen LogP contribution in [-0.4, -0.2) is 11.8 Å². The van der Waals surface area contributed by atoms with Gasteiger partial charge in [0, 0.05) is 11.8 Å². The van der Waals surface area contributed by atoms with Gasteiger partial charge in [0.05, 0.1) is 17.5 Å². The first-order valence-electron chi connectivity index (χ1n) is 7.39. The van der Waals surface area contributed by atoms with Gasteiger partial charge in [-0.3, -0.25) is 9.59 Å². The van der Waals surface area contributed by atoms with Crippen molar-refractivity contribution in [1.29, 1.82) is 0 Å². The SMILES string of the molecule is CC(C)=C1[C@@H]2C=C[C@@H]1[C@@H]1C(=O)N(c3ccccc3)C(=O)[C@H]12. The largest absolute Gasteiger partial charge is 0.274 e. The molecule has 2 amide bonds. The molecule has 106 valence electrons. The van der Waals surface area contributed by atoms with Gasteiger partial charge in [-0.1, -0.05) is 41.5 Å². The van der Waals surface area contributed by atoms with Gasteiger partial charge in [-0.15, -0.1) is 0 Å². The molecule has 21 heavy (non-hydrogen) atoms. The summed E-state index contributed by atoms with van der Waals surface area (Å²) in [6, 6.07) is 9.26. The Bertz CT molecular complexity index is 663. The highest BCUT2D eigenvalue weighted by Crippen LogP contribution is 2.57. The third-order valence-corrected chi connectivity index (χ3v) is 5.01. The maximum Gasteiger partial charge on any atom is 0.238 e. The standard InChI is InChI=1S/C18H17NO2/c1-10(2)14-12-8-9-13(14)16-15(12)17(20)19(18(16)21)11-6-4-3-5-7-11/h3-9,12-13,15-16H,1-2H3/t12-,13-,15-,16-/m0/s1. The fourth-order valence-corrected chi connectivity index (χ4v) is 4.26. The second-order valence-corrected chi connectivity index (χ2v) is 6.29. The lowest BCUT2D eigenvalue weighted by Crippen LogP contribution is -2.33. The molecule has 4 atom stereocenters. The van der Waals surface area contributed by atoms with Gasteiger partial charge in [-0.2, -0.15) is 0 Å². The minimum atomic E-state index is -0.197. The van der Waals surface area contributed by atoms with Crippen molar-refractivity contribution in [3.05, 3.63) is 53.6 Å². The van der Waals surface area contributed by atoms with E-state index in [0.29, 0.717) is 5.69 Å². The molecule has 3 nitrogen and oxygen atoms in total. The van der Waals surface area contributed by atoms with Crippen molar-refractivity contribution < 1.29 is 9.59 Å². The summed E-state index contributed by atoms with van der Waals surface area (Å²) in [4.78, 5) is 27.0. The van der Waals surface area contributed by atoms with E-state index in [2.05, 4.69) is 26.0 Å². The summed E-state index contributed by atoms with van der Waals surface area (Å²) in [5.74, 6) is -0.223. The number of imide groups is 1. The number of anilines is 1. The van der Waals surface area contributed by atoms with E-state index in [1.54, 1.807) is 0 Å². The van der Waals surface area contributed by atoms with Crippen LogP contribution in [0.25, 0.3) is 0 Å². The van der Waals surface area contributed by atoms with Crippen molar-refractivity contribution in [3.8, 4) is 0 Å². The van der Waals surface area contributed by atoms with Gasteiger partial charge < -0.3 is 0 Å². The number of benzene rings is 1. The molecule has 1 aromatic rings. The molecule has 1 saturated carbocycles. The summed E-state index contributed by atoms with van der Waals surface area (Å²) >= 11 is 0. The summed E-state index contributed by atoms with van der Waals surface area (Å²) < 4.78 is 0. The van der Waals surface area contributed by atoms with E-state index in [-0.39, 0.29) is 35.5 Å². The zero-order chi connectivity index (χ0) is 14.7. The first-order valence-corrected chi connectivity index (χ1v) is 7.39. The van der Waals surface area contributed by atoms with Crippen molar-refractivity contribution in [2.75, 3.05) is 4.90 Å². The Kier molecular flexibility index (Phi) is 2.49. The molecule has 4 rings (SSSR count). The van der Waals surface area contributed by atoms with Crippen LogP contribution in [0.3, 0.4) is 0 Å². The smallest absolute Gasteiger partial charge is 0.238 e. The van der Waals surface area contributed by atoms with E-state index < -0.39 is 0 Å². The molecule has 3 aliphatic rings. The second kappa shape index (κ2) is 4.17. The average molecular weight is 279 g/mol. The van der Waals surface area contributed by atoms with Crippen molar-refractivity contribution in [1.82, 2.24) is 0 Å².